The molecule has 0 bridgehead atoms. The second kappa shape index (κ2) is 12.4. The Balaban J connectivity index is 1.37. The normalized spacial score (nSPS) is 25.1. The highest BCUT2D eigenvalue weighted by Gasteiger charge is 2.58. The van der Waals surface area contributed by atoms with E-state index < -0.39 is 41.3 Å². The molecule has 1 saturated carbocycles. The van der Waals surface area contributed by atoms with Crippen LogP contribution in [0.4, 0.5) is 8.78 Å². The van der Waals surface area contributed by atoms with Gasteiger partial charge in [-0.1, -0.05) is 42.0 Å². The number of ether oxygens (including phenoxy) is 4. The van der Waals surface area contributed by atoms with Crippen molar-refractivity contribution in [1.29, 1.82) is 0 Å². The fraction of sp³-hybridized carbons (Fsp3) is 0.484. The van der Waals surface area contributed by atoms with E-state index in [1.807, 2.05) is 42.0 Å². The van der Waals surface area contributed by atoms with Gasteiger partial charge in [0.15, 0.2) is 23.0 Å². The molecule has 4 atom stereocenters. The lowest BCUT2D eigenvalue weighted by Gasteiger charge is -2.43. The molecular formula is C31H37F2N3O5. The maximum atomic E-state index is 14.4. The molecule has 2 heterocycles. The average Bonchev–Trinajstić information content (AvgIpc) is 3.56. The lowest BCUT2D eigenvalue weighted by Crippen LogP contribution is -2.60. The monoisotopic (exact) mass is 569 g/mol. The number of hydrogen-bond donors (Lipinski definition) is 1. The van der Waals surface area contributed by atoms with E-state index in [0.29, 0.717) is 19.5 Å². The molecule has 2 fully saturated rings. The van der Waals surface area contributed by atoms with Gasteiger partial charge in [-0.25, -0.2) is 13.8 Å². The molecule has 1 saturated heterocycles. The van der Waals surface area contributed by atoms with Crippen molar-refractivity contribution in [2.24, 2.45) is 0 Å². The first-order valence-electron chi connectivity index (χ1n) is 14.0. The van der Waals surface area contributed by atoms with Crippen molar-refractivity contribution >= 4 is 5.91 Å². The summed E-state index contributed by atoms with van der Waals surface area (Å²) in [6, 6.07) is 11.9. The fourth-order valence-corrected chi connectivity index (χ4v) is 5.63. The summed E-state index contributed by atoms with van der Waals surface area (Å²) in [6.45, 7) is 6.76. The summed E-state index contributed by atoms with van der Waals surface area (Å²) in [5.41, 5.74) is 0.804. The van der Waals surface area contributed by atoms with Gasteiger partial charge in [-0.2, -0.15) is 0 Å². The number of rotatable bonds is 11. The highest BCUT2D eigenvalue weighted by atomic mass is 19.2. The van der Waals surface area contributed by atoms with Gasteiger partial charge in [0.2, 0.25) is 0 Å². The van der Waals surface area contributed by atoms with Crippen molar-refractivity contribution in [3.63, 3.8) is 0 Å². The van der Waals surface area contributed by atoms with Gasteiger partial charge in [-0.15, -0.1) is 0 Å². The molecule has 10 heteroatoms. The first-order valence-corrected chi connectivity index (χ1v) is 14.0. The molecule has 0 radical (unpaired) electrons. The first kappa shape index (κ1) is 29.3. The van der Waals surface area contributed by atoms with Crippen LogP contribution in [0.25, 0.3) is 0 Å². The largest absolute Gasteiger partial charge is 0.370 e. The second-order valence-electron chi connectivity index (χ2n) is 11.3. The second-order valence-corrected chi connectivity index (χ2v) is 11.3. The van der Waals surface area contributed by atoms with Gasteiger partial charge in [0, 0.05) is 43.9 Å². The molecule has 1 amide bonds. The van der Waals surface area contributed by atoms with Crippen molar-refractivity contribution < 1.29 is 32.5 Å². The topological polar surface area (TPSA) is 83.8 Å². The van der Waals surface area contributed by atoms with Crippen molar-refractivity contribution in [2.75, 3.05) is 6.54 Å². The molecule has 1 aliphatic carbocycles. The molecule has 1 N–H and O–H groups in total. The molecular weight excluding hydrogens is 532 g/mol. The van der Waals surface area contributed by atoms with E-state index in [1.165, 1.54) is 12.1 Å². The van der Waals surface area contributed by atoms with E-state index in [9.17, 15) is 13.6 Å². The molecule has 220 valence electrons. The third-order valence-electron chi connectivity index (χ3n) is 7.58. The van der Waals surface area contributed by atoms with Gasteiger partial charge in [0.25, 0.3) is 5.91 Å². The fourth-order valence-electron chi connectivity index (χ4n) is 5.63. The Morgan fingerprint density at radius 1 is 1.15 bits per heavy atom. The van der Waals surface area contributed by atoms with Crippen LogP contribution >= 0.6 is 0 Å². The Morgan fingerprint density at radius 2 is 1.98 bits per heavy atom. The number of carbonyl (C=O) groups is 1. The lowest BCUT2D eigenvalue weighted by atomic mass is 9.78. The predicted molar refractivity (Wildman–Crippen MR) is 147 cm³/mol. The smallest absolute Gasteiger partial charge is 0.252 e. The minimum absolute atomic E-state index is 0.0838. The standard InChI is InChI=1S/C31H37F2N3O5/c1-21-7-4-8-22(15-21)18-39-31(29(37)35-11-6-13-36-14-12-34-20-36)16-25(28-26(17-31)40-30(2,3)41-28)38-19-23-9-5-10-24(32)27(23)33/h4-5,7-10,12,14-15,20,25-26,28H,6,11,13,16-19H2,1-3H3,(H,35,37)/t25?,26-,28+,31-/m1/s1. The van der Waals surface area contributed by atoms with Crippen LogP contribution in [-0.2, 0) is 43.5 Å². The highest BCUT2D eigenvalue weighted by molar-refractivity contribution is 5.85. The number of carbonyl (C=O) groups excluding carboxylic acids is 1. The van der Waals surface area contributed by atoms with Gasteiger partial charge < -0.3 is 28.8 Å². The summed E-state index contributed by atoms with van der Waals surface area (Å²) >= 11 is 0. The average molecular weight is 570 g/mol. The van der Waals surface area contributed by atoms with Gasteiger partial charge in [0.05, 0.1) is 31.7 Å². The predicted octanol–water partition coefficient (Wildman–Crippen LogP) is 4.83. The molecule has 1 aromatic heterocycles. The Kier molecular flexibility index (Phi) is 8.84. The number of aryl methyl sites for hydroxylation is 2. The zero-order valence-corrected chi connectivity index (χ0v) is 23.6. The number of halogens is 2. The molecule has 41 heavy (non-hydrogen) atoms. The summed E-state index contributed by atoms with van der Waals surface area (Å²) in [7, 11) is 0. The zero-order valence-electron chi connectivity index (χ0n) is 23.6. The van der Waals surface area contributed by atoms with E-state index in [4.69, 9.17) is 18.9 Å². The van der Waals surface area contributed by atoms with Crippen LogP contribution in [0.5, 0.6) is 0 Å². The Morgan fingerprint density at radius 3 is 2.76 bits per heavy atom. The van der Waals surface area contributed by atoms with Crippen LogP contribution < -0.4 is 5.32 Å². The number of amides is 1. The van der Waals surface area contributed by atoms with Gasteiger partial charge >= 0.3 is 0 Å². The Bertz CT molecular complexity index is 1340. The van der Waals surface area contributed by atoms with E-state index in [0.717, 1.165) is 17.2 Å². The third kappa shape index (κ3) is 7.01. The van der Waals surface area contributed by atoms with Gasteiger partial charge in [0.1, 0.15) is 6.10 Å². The number of benzene rings is 2. The maximum absolute atomic E-state index is 14.4. The van der Waals surface area contributed by atoms with E-state index in [-0.39, 0.29) is 37.5 Å². The van der Waals surface area contributed by atoms with Crippen LogP contribution in [0.2, 0.25) is 0 Å². The first-order chi connectivity index (χ1) is 19.6. The Hall–Kier alpha value is -3.18. The van der Waals surface area contributed by atoms with Gasteiger partial charge in [-0.3, -0.25) is 4.79 Å². The molecule has 8 nitrogen and oxygen atoms in total. The lowest BCUT2D eigenvalue weighted by molar-refractivity contribution is -0.183. The molecule has 1 aliphatic heterocycles. The zero-order chi connectivity index (χ0) is 29.0. The quantitative estimate of drug-likeness (QED) is 0.333. The maximum Gasteiger partial charge on any atom is 0.252 e. The van der Waals surface area contributed by atoms with Crippen molar-refractivity contribution in [3.8, 4) is 0 Å². The van der Waals surface area contributed by atoms with Crippen molar-refractivity contribution in [2.45, 2.75) is 89.5 Å². The van der Waals surface area contributed by atoms with Crippen molar-refractivity contribution in [1.82, 2.24) is 14.9 Å². The van der Waals surface area contributed by atoms with Crippen molar-refractivity contribution in [3.05, 3.63) is 89.5 Å². The summed E-state index contributed by atoms with van der Waals surface area (Å²) < 4.78 is 55.3. The highest BCUT2D eigenvalue weighted by Crippen LogP contribution is 2.44. The summed E-state index contributed by atoms with van der Waals surface area (Å²) in [4.78, 5) is 18.0. The van der Waals surface area contributed by atoms with E-state index in [1.54, 1.807) is 26.4 Å². The molecule has 2 aromatic carbocycles. The SMILES string of the molecule is Cc1cccc(CO[C@]2(C(=O)NCCCn3ccnc3)CC(OCc3cccc(F)c3F)[C@@H]3OC(C)(C)O[C@@H]3C2)c1. The van der Waals surface area contributed by atoms with Crippen LogP contribution in [0.3, 0.4) is 0 Å². The number of hydrogen-bond acceptors (Lipinski definition) is 6. The number of nitrogens with one attached hydrogen (secondary N) is 1. The number of fused-ring (bicyclic) bond motifs is 1. The van der Waals surface area contributed by atoms with Crippen LogP contribution in [-0.4, -0.2) is 51.7 Å². The molecule has 2 aliphatic rings. The van der Waals surface area contributed by atoms with Crippen LogP contribution in [0, 0.1) is 18.6 Å². The Labute approximate surface area is 239 Å². The van der Waals surface area contributed by atoms with E-state index >= 15 is 0 Å². The number of aromatic nitrogens is 2. The number of nitrogens with zero attached hydrogens (tertiary/aromatic N) is 2. The van der Waals surface area contributed by atoms with Crippen LogP contribution in [0.1, 0.15) is 49.8 Å². The summed E-state index contributed by atoms with van der Waals surface area (Å²) in [6.07, 6.45) is 4.75. The summed E-state index contributed by atoms with van der Waals surface area (Å²) in [5.74, 6) is -3.08. The molecule has 0 spiro atoms. The molecule has 3 aromatic rings. The summed E-state index contributed by atoms with van der Waals surface area (Å²) in [5, 5.41) is 3.06. The van der Waals surface area contributed by atoms with Gasteiger partial charge in [-0.05, 0) is 38.8 Å². The van der Waals surface area contributed by atoms with E-state index in [2.05, 4.69) is 10.3 Å². The number of imidazole rings is 1. The third-order valence-corrected chi connectivity index (χ3v) is 7.58. The minimum Gasteiger partial charge on any atom is -0.370 e. The van der Waals surface area contributed by atoms with Crippen LogP contribution in [0.15, 0.2) is 61.2 Å². The molecule has 1 unspecified atom stereocenters. The minimum atomic E-state index is -1.30. The molecule has 5 rings (SSSR count).